The molecule has 38 heavy (non-hydrogen) atoms. The summed E-state index contributed by atoms with van der Waals surface area (Å²) in [5, 5.41) is 6.24. The largest absolute Gasteiger partial charge is 0.497 e. The number of fused-ring (bicyclic) bond motifs is 5. The molecule has 3 aromatic rings. The summed E-state index contributed by atoms with van der Waals surface area (Å²) < 4.78 is 16.1. The fraction of sp³-hybridized carbons (Fsp3) is 0.241. The zero-order valence-electron chi connectivity index (χ0n) is 21.0. The van der Waals surface area contributed by atoms with Crippen LogP contribution in [-0.4, -0.2) is 56.2 Å². The molecule has 0 spiro atoms. The molecule has 2 fully saturated rings. The van der Waals surface area contributed by atoms with Gasteiger partial charge in [0.05, 0.1) is 51.1 Å². The minimum atomic E-state index is -0.971. The highest BCUT2D eigenvalue weighted by Gasteiger charge is 2.65. The van der Waals surface area contributed by atoms with Crippen molar-refractivity contribution in [2.24, 2.45) is 16.9 Å². The van der Waals surface area contributed by atoms with Crippen LogP contribution in [0.2, 0.25) is 0 Å². The molecule has 192 valence electrons. The van der Waals surface area contributed by atoms with Gasteiger partial charge in [0.15, 0.2) is 5.78 Å². The van der Waals surface area contributed by atoms with Crippen molar-refractivity contribution in [3.8, 4) is 17.2 Å². The third kappa shape index (κ3) is 3.38. The van der Waals surface area contributed by atoms with E-state index in [0.29, 0.717) is 22.8 Å². The molecule has 0 N–H and O–H groups in total. The maximum Gasteiger partial charge on any atom is 0.240 e. The molecule has 9 heteroatoms. The smallest absolute Gasteiger partial charge is 0.240 e. The number of methoxy groups -OCH3 is 3. The average molecular weight is 512 g/mol. The summed E-state index contributed by atoms with van der Waals surface area (Å²) in [6.45, 7) is 0. The van der Waals surface area contributed by atoms with Crippen molar-refractivity contribution in [2.45, 2.75) is 12.1 Å². The average Bonchev–Trinajstić information content (AvgIpc) is 3.44. The second-order valence-corrected chi connectivity index (χ2v) is 9.34. The standard InChI is InChI=1S/C29H25N3O6/c1-36-18-10-8-16(9-11-18)27(33)26-24-23(25-20-7-5-4-6-17(20)15-30-32(25)26)28(34)31(29(24)35)21-14-19(37-2)12-13-22(21)38-3/h4-15,23-26H,1-3H3/t23-,24-,25+,26+/m0/s1. The molecule has 0 aliphatic carbocycles. The number of hydrazone groups is 1. The van der Waals surface area contributed by atoms with E-state index in [-0.39, 0.29) is 11.5 Å². The van der Waals surface area contributed by atoms with E-state index in [1.165, 1.54) is 14.2 Å². The van der Waals surface area contributed by atoms with Crippen LogP contribution in [-0.2, 0) is 9.59 Å². The lowest BCUT2D eigenvalue weighted by molar-refractivity contribution is -0.124. The highest BCUT2D eigenvalue weighted by atomic mass is 16.5. The summed E-state index contributed by atoms with van der Waals surface area (Å²) >= 11 is 0. The number of amides is 2. The first-order valence-corrected chi connectivity index (χ1v) is 12.2. The van der Waals surface area contributed by atoms with Crippen LogP contribution < -0.4 is 19.1 Å². The number of nitrogens with zero attached hydrogens (tertiary/aromatic N) is 3. The van der Waals surface area contributed by atoms with Gasteiger partial charge in [0.25, 0.3) is 0 Å². The molecule has 2 saturated heterocycles. The van der Waals surface area contributed by atoms with E-state index in [4.69, 9.17) is 14.2 Å². The number of ketones is 1. The first kappa shape index (κ1) is 23.7. The molecule has 3 heterocycles. The predicted molar refractivity (Wildman–Crippen MR) is 139 cm³/mol. The first-order chi connectivity index (χ1) is 18.5. The lowest BCUT2D eigenvalue weighted by Gasteiger charge is -2.34. The van der Waals surface area contributed by atoms with E-state index >= 15 is 0 Å². The number of anilines is 1. The minimum Gasteiger partial charge on any atom is -0.497 e. The van der Waals surface area contributed by atoms with Gasteiger partial charge in [0.2, 0.25) is 11.8 Å². The van der Waals surface area contributed by atoms with E-state index in [1.54, 1.807) is 60.8 Å². The number of rotatable bonds is 6. The molecule has 3 aliphatic heterocycles. The van der Waals surface area contributed by atoms with E-state index in [0.717, 1.165) is 16.0 Å². The Morgan fingerprint density at radius 3 is 2.21 bits per heavy atom. The molecule has 6 rings (SSSR count). The van der Waals surface area contributed by atoms with E-state index in [9.17, 15) is 14.4 Å². The summed E-state index contributed by atoms with van der Waals surface area (Å²) in [5.41, 5.74) is 2.39. The van der Waals surface area contributed by atoms with Gasteiger partial charge >= 0.3 is 0 Å². The molecule has 3 aliphatic rings. The molecule has 0 radical (unpaired) electrons. The summed E-state index contributed by atoms with van der Waals surface area (Å²) in [7, 11) is 4.53. The molecule has 4 atom stereocenters. The quantitative estimate of drug-likeness (QED) is 0.369. The fourth-order valence-electron chi connectivity index (χ4n) is 5.80. The van der Waals surface area contributed by atoms with E-state index in [1.807, 2.05) is 24.3 Å². The Labute approximate surface area is 219 Å². The number of hydrogen-bond acceptors (Lipinski definition) is 8. The minimum absolute atomic E-state index is 0.283. The monoisotopic (exact) mass is 511 g/mol. The van der Waals surface area contributed by atoms with E-state index in [2.05, 4.69) is 5.10 Å². The second-order valence-electron chi connectivity index (χ2n) is 9.34. The van der Waals surface area contributed by atoms with Crippen molar-refractivity contribution in [1.82, 2.24) is 5.01 Å². The summed E-state index contributed by atoms with van der Waals surface area (Å²) in [5.74, 6) is -1.49. The Morgan fingerprint density at radius 1 is 0.816 bits per heavy atom. The Morgan fingerprint density at radius 2 is 1.50 bits per heavy atom. The molecule has 0 saturated carbocycles. The van der Waals surface area contributed by atoms with Gasteiger partial charge < -0.3 is 14.2 Å². The van der Waals surface area contributed by atoms with Crippen LogP contribution in [0, 0.1) is 11.8 Å². The lowest BCUT2D eigenvalue weighted by Crippen LogP contribution is -2.44. The second kappa shape index (κ2) is 9.02. The number of hydrogen-bond donors (Lipinski definition) is 0. The van der Waals surface area contributed by atoms with Crippen molar-refractivity contribution in [1.29, 1.82) is 0 Å². The number of Topliss-reactive ketones (excluding diaryl/α,β-unsaturated/α-hetero) is 1. The van der Waals surface area contributed by atoms with Crippen molar-refractivity contribution >= 4 is 29.5 Å². The Kier molecular flexibility index (Phi) is 5.63. The van der Waals surface area contributed by atoms with Crippen LogP contribution in [0.3, 0.4) is 0 Å². The molecule has 3 aromatic carbocycles. The summed E-state index contributed by atoms with van der Waals surface area (Å²) in [6.07, 6.45) is 1.68. The van der Waals surface area contributed by atoms with Gasteiger partial charge in [-0.3, -0.25) is 19.4 Å². The van der Waals surface area contributed by atoms with Crippen molar-refractivity contribution in [3.05, 3.63) is 83.4 Å². The zero-order chi connectivity index (χ0) is 26.6. The molecule has 0 unspecified atom stereocenters. The molecule has 9 nitrogen and oxygen atoms in total. The number of imide groups is 1. The first-order valence-electron chi connectivity index (χ1n) is 12.2. The van der Waals surface area contributed by atoms with Crippen LogP contribution in [0.4, 0.5) is 5.69 Å². The summed E-state index contributed by atoms with van der Waals surface area (Å²) in [6, 6.07) is 17.7. The summed E-state index contributed by atoms with van der Waals surface area (Å²) in [4.78, 5) is 43.4. The fourth-order valence-corrected chi connectivity index (χ4v) is 5.80. The van der Waals surface area contributed by atoms with Crippen molar-refractivity contribution < 1.29 is 28.6 Å². The SMILES string of the molecule is COc1ccc(C(=O)[C@H]2[C@H]3C(=O)N(c4cc(OC)ccc4OC)C(=O)[C@@H]3[C@H]3c4ccccc4C=NN32)cc1. The van der Waals surface area contributed by atoms with Gasteiger partial charge in [0, 0.05) is 11.6 Å². The molecular formula is C29H25N3O6. The van der Waals surface area contributed by atoms with Crippen LogP contribution in [0.5, 0.6) is 17.2 Å². The predicted octanol–water partition coefficient (Wildman–Crippen LogP) is 3.47. The molecule has 0 aromatic heterocycles. The van der Waals surface area contributed by atoms with Gasteiger partial charge in [0.1, 0.15) is 23.3 Å². The Bertz CT molecular complexity index is 1480. The highest BCUT2D eigenvalue weighted by molar-refractivity contribution is 6.25. The highest BCUT2D eigenvalue weighted by Crippen LogP contribution is 2.54. The van der Waals surface area contributed by atoms with Gasteiger partial charge in [-0.15, -0.1) is 0 Å². The molecule has 2 amide bonds. The normalized spacial score (nSPS) is 23.1. The molecule has 0 bridgehead atoms. The third-order valence-corrected chi connectivity index (χ3v) is 7.56. The Balaban J connectivity index is 1.49. The van der Waals surface area contributed by atoms with E-state index < -0.39 is 35.7 Å². The van der Waals surface area contributed by atoms with Crippen LogP contribution in [0.15, 0.2) is 71.8 Å². The van der Waals surface area contributed by atoms with Crippen LogP contribution >= 0.6 is 0 Å². The number of benzene rings is 3. The van der Waals surface area contributed by atoms with Gasteiger partial charge in [-0.25, -0.2) is 4.90 Å². The van der Waals surface area contributed by atoms with Crippen molar-refractivity contribution in [2.75, 3.05) is 26.2 Å². The van der Waals surface area contributed by atoms with Crippen molar-refractivity contribution in [3.63, 3.8) is 0 Å². The maximum absolute atomic E-state index is 14.1. The van der Waals surface area contributed by atoms with Crippen LogP contribution in [0.1, 0.15) is 27.5 Å². The number of carbonyl (C=O) groups is 3. The maximum atomic E-state index is 14.1. The van der Waals surface area contributed by atoms with Gasteiger partial charge in [-0.05, 0) is 47.5 Å². The van der Waals surface area contributed by atoms with Gasteiger partial charge in [-0.1, -0.05) is 24.3 Å². The number of carbonyl (C=O) groups excluding carboxylic acids is 3. The number of ether oxygens (including phenoxy) is 3. The third-order valence-electron chi connectivity index (χ3n) is 7.56. The Hall–Kier alpha value is -4.66. The topological polar surface area (TPSA) is 97.7 Å². The zero-order valence-corrected chi connectivity index (χ0v) is 21.0. The van der Waals surface area contributed by atoms with Gasteiger partial charge in [-0.2, -0.15) is 5.10 Å². The molecular weight excluding hydrogens is 486 g/mol. The lowest BCUT2D eigenvalue weighted by atomic mass is 9.83. The van der Waals surface area contributed by atoms with Crippen LogP contribution in [0.25, 0.3) is 0 Å².